The van der Waals surface area contributed by atoms with Gasteiger partial charge >= 0.3 is 0 Å². The average Bonchev–Trinajstić information content (AvgIpc) is 3.32. The van der Waals surface area contributed by atoms with Crippen LogP contribution in [0.2, 0.25) is 0 Å². The highest BCUT2D eigenvalue weighted by Gasteiger charge is 2.43. The highest BCUT2D eigenvalue weighted by Crippen LogP contribution is 2.48. The van der Waals surface area contributed by atoms with Crippen LogP contribution in [0.25, 0.3) is 0 Å². The predicted octanol–water partition coefficient (Wildman–Crippen LogP) is 6.41. The van der Waals surface area contributed by atoms with Gasteiger partial charge < -0.3 is 15.5 Å². The van der Waals surface area contributed by atoms with E-state index >= 15 is 0 Å². The van der Waals surface area contributed by atoms with Gasteiger partial charge in [0.1, 0.15) is 0 Å². The van der Waals surface area contributed by atoms with Crippen molar-refractivity contribution in [3.63, 3.8) is 0 Å². The topological polar surface area (TPSA) is 52.5 Å². The quantitative estimate of drug-likeness (QED) is 0.212. The number of benzene rings is 1. The van der Waals surface area contributed by atoms with Gasteiger partial charge in [-0.3, -0.25) is 0 Å². The molecule has 0 unspecified atom stereocenters. The lowest BCUT2D eigenvalue weighted by atomic mass is 9.88. The van der Waals surface area contributed by atoms with Crippen molar-refractivity contribution in [1.29, 1.82) is 0 Å². The van der Waals surface area contributed by atoms with Crippen LogP contribution in [0.4, 0.5) is 0 Å². The molecule has 0 saturated heterocycles. The average molecular weight is 454 g/mol. The summed E-state index contributed by atoms with van der Waals surface area (Å²) < 4.78 is 0. The van der Waals surface area contributed by atoms with Crippen LogP contribution in [-0.2, 0) is 6.54 Å². The Bertz CT molecular complexity index is 728. The maximum Gasteiger partial charge on any atom is 0.0723 e. The van der Waals surface area contributed by atoms with Crippen molar-refractivity contribution >= 4 is 0 Å². The minimum atomic E-state index is -0.382. The monoisotopic (exact) mass is 453 g/mol. The van der Waals surface area contributed by atoms with E-state index in [4.69, 9.17) is 0 Å². The number of rotatable bonds is 15. The lowest BCUT2D eigenvalue weighted by molar-refractivity contribution is 0.139. The van der Waals surface area contributed by atoms with Gasteiger partial charge in [-0.05, 0) is 68.4 Å². The van der Waals surface area contributed by atoms with Crippen molar-refractivity contribution in [2.45, 2.75) is 96.8 Å². The summed E-state index contributed by atoms with van der Waals surface area (Å²) in [6, 6.07) is 10.6. The lowest BCUT2D eigenvalue weighted by Gasteiger charge is -2.19. The molecule has 3 nitrogen and oxygen atoms in total. The van der Waals surface area contributed by atoms with Gasteiger partial charge in [-0.2, -0.15) is 0 Å². The first-order valence-corrected chi connectivity index (χ1v) is 13.6. The molecule has 0 heterocycles. The minimum Gasteiger partial charge on any atom is -0.392 e. The Balaban J connectivity index is 1.32. The second kappa shape index (κ2) is 14.1. The largest absolute Gasteiger partial charge is 0.392 e. The first-order chi connectivity index (χ1) is 16.1. The molecular weight excluding hydrogens is 406 g/mol. The van der Waals surface area contributed by atoms with E-state index in [1.54, 1.807) is 5.57 Å². The van der Waals surface area contributed by atoms with E-state index in [1.807, 2.05) is 6.08 Å². The summed E-state index contributed by atoms with van der Waals surface area (Å²) in [5, 5.41) is 24.6. The summed E-state index contributed by atoms with van der Waals surface area (Å²) in [7, 11) is 0. The van der Waals surface area contributed by atoms with E-state index in [9.17, 15) is 10.2 Å². The highest BCUT2D eigenvalue weighted by atomic mass is 16.3. The zero-order valence-corrected chi connectivity index (χ0v) is 21.0. The van der Waals surface area contributed by atoms with Crippen LogP contribution in [0, 0.1) is 23.7 Å². The summed E-state index contributed by atoms with van der Waals surface area (Å²) in [6.45, 7) is 6.49. The summed E-state index contributed by atoms with van der Waals surface area (Å²) in [5.41, 5.74) is 2.95. The van der Waals surface area contributed by atoms with Gasteiger partial charge in [0, 0.05) is 12.5 Å². The fourth-order valence-corrected chi connectivity index (χ4v) is 5.82. The number of allylic oxidation sites excluding steroid dienone is 2. The van der Waals surface area contributed by atoms with Gasteiger partial charge in [0.15, 0.2) is 0 Å². The zero-order chi connectivity index (χ0) is 23.5. The van der Waals surface area contributed by atoms with Crippen molar-refractivity contribution in [2.24, 2.45) is 23.7 Å². The number of unbranched alkanes of at least 4 members (excludes halogenated alkanes) is 3. The second-order valence-electron chi connectivity index (χ2n) is 10.6. The molecule has 33 heavy (non-hydrogen) atoms. The third kappa shape index (κ3) is 8.70. The molecule has 1 saturated carbocycles. The highest BCUT2D eigenvalue weighted by molar-refractivity contribution is 5.21. The molecule has 3 rings (SSSR count). The molecule has 0 amide bonds. The Morgan fingerprint density at radius 2 is 1.94 bits per heavy atom. The molecule has 3 heteroatoms. The Hall–Kier alpha value is -1.42. The summed E-state index contributed by atoms with van der Waals surface area (Å²) in [4.78, 5) is 0. The number of fused-ring (bicyclic) bond motifs is 1. The summed E-state index contributed by atoms with van der Waals surface area (Å²) in [5.74, 6) is 1.81. The first kappa shape index (κ1) is 26.2. The van der Waals surface area contributed by atoms with E-state index in [0.717, 1.165) is 32.4 Å². The Labute approximate surface area is 202 Å². The van der Waals surface area contributed by atoms with E-state index in [2.05, 4.69) is 61.6 Å². The SMILES string of the molecule is CCCC[C@H](C)C[C@H](O)/C=C/[C@@H]1[C@H]2CC(CCCCCNCc3ccccc3)=C[C@H]2C[C@H]1O. The van der Waals surface area contributed by atoms with Crippen molar-refractivity contribution in [3.8, 4) is 0 Å². The van der Waals surface area contributed by atoms with E-state index in [1.165, 1.54) is 50.5 Å². The van der Waals surface area contributed by atoms with Crippen LogP contribution in [-0.4, -0.2) is 29.0 Å². The van der Waals surface area contributed by atoms with Crippen LogP contribution in [0.1, 0.15) is 83.6 Å². The smallest absolute Gasteiger partial charge is 0.0723 e. The fourth-order valence-electron chi connectivity index (χ4n) is 5.82. The molecule has 0 radical (unpaired) electrons. The van der Waals surface area contributed by atoms with Gasteiger partial charge in [-0.1, -0.05) is 93.7 Å². The third-order valence-electron chi connectivity index (χ3n) is 7.72. The molecule has 1 fully saturated rings. The third-order valence-corrected chi connectivity index (χ3v) is 7.72. The second-order valence-corrected chi connectivity index (χ2v) is 10.6. The van der Waals surface area contributed by atoms with Crippen LogP contribution >= 0.6 is 0 Å². The van der Waals surface area contributed by atoms with Crippen molar-refractivity contribution < 1.29 is 10.2 Å². The number of aliphatic hydroxyl groups is 2. The number of aliphatic hydroxyl groups excluding tert-OH is 2. The van der Waals surface area contributed by atoms with Gasteiger partial charge in [0.25, 0.3) is 0 Å². The number of nitrogens with one attached hydrogen (secondary N) is 1. The first-order valence-electron chi connectivity index (χ1n) is 13.6. The Morgan fingerprint density at radius 3 is 2.73 bits per heavy atom. The number of hydrogen-bond acceptors (Lipinski definition) is 3. The van der Waals surface area contributed by atoms with Gasteiger partial charge in [0.2, 0.25) is 0 Å². The van der Waals surface area contributed by atoms with Crippen LogP contribution in [0.5, 0.6) is 0 Å². The molecule has 0 aliphatic heterocycles. The maximum absolute atomic E-state index is 10.6. The van der Waals surface area contributed by atoms with E-state index in [-0.39, 0.29) is 18.1 Å². The summed E-state index contributed by atoms with van der Waals surface area (Å²) in [6.07, 6.45) is 17.4. The normalized spacial score (nSPS) is 26.5. The molecule has 1 aromatic rings. The molecular formula is C30H47NO2. The number of hydrogen-bond donors (Lipinski definition) is 3. The van der Waals surface area contributed by atoms with Crippen LogP contribution < -0.4 is 5.32 Å². The van der Waals surface area contributed by atoms with E-state index in [0.29, 0.717) is 17.8 Å². The molecule has 2 aliphatic carbocycles. The Morgan fingerprint density at radius 1 is 1.12 bits per heavy atom. The van der Waals surface area contributed by atoms with Gasteiger partial charge in [0.05, 0.1) is 12.2 Å². The van der Waals surface area contributed by atoms with Crippen molar-refractivity contribution in [1.82, 2.24) is 5.32 Å². The van der Waals surface area contributed by atoms with Crippen molar-refractivity contribution in [3.05, 3.63) is 59.7 Å². The lowest BCUT2D eigenvalue weighted by Crippen LogP contribution is -2.18. The standard InChI is InChI=1S/C30H47NO2/c1-3-4-11-23(2)18-27(32)15-16-28-29-20-25(19-26(29)21-30(28)33)14-9-6-10-17-31-22-24-12-7-5-8-13-24/h5,7-8,12-13,15-16,19,23,26-33H,3-4,6,9-11,14,17-18,20-22H2,1-2H3/b16-15+/t23-,26-,27+,28+,29-,30+/m0/s1. The molecule has 0 bridgehead atoms. The zero-order valence-electron chi connectivity index (χ0n) is 21.0. The van der Waals surface area contributed by atoms with Gasteiger partial charge in [-0.15, -0.1) is 0 Å². The minimum absolute atomic E-state index is 0.200. The molecule has 2 aliphatic rings. The molecule has 1 aromatic carbocycles. The molecule has 0 spiro atoms. The van der Waals surface area contributed by atoms with Crippen LogP contribution in [0.3, 0.4) is 0 Å². The van der Waals surface area contributed by atoms with Crippen LogP contribution in [0.15, 0.2) is 54.1 Å². The van der Waals surface area contributed by atoms with Gasteiger partial charge in [-0.25, -0.2) is 0 Å². The maximum atomic E-state index is 10.6. The predicted molar refractivity (Wildman–Crippen MR) is 139 cm³/mol. The Kier molecular flexibility index (Phi) is 11.2. The molecule has 184 valence electrons. The molecule has 3 N–H and O–H groups in total. The fraction of sp³-hybridized carbons (Fsp3) is 0.667. The molecule has 0 aromatic heterocycles. The molecule has 6 atom stereocenters. The summed E-state index contributed by atoms with van der Waals surface area (Å²) >= 11 is 0. The van der Waals surface area contributed by atoms with Crippen molar-refractivity contribution in [2.75, 3.05) is 6.54 Å². The van der Waals surface area contributed by atoms with E-state index < -0.39 is 0 Å².